The standard InChI is InChI=1S/C14H14FNOS/c1-16(9-11-6-7-18-10-11)14(17)8-12-4-2-3-5-13(12)15/h2-7,10H,8-9H2,1H3. The van der Waals surface area contributed by atoms with Gasteiger partial charge < -0.3 is 4.90 Å². The summed E-state index contributed by atoms with van der Waals surface area (Å²) in [7, 11) is 1.74. The van der Waals surface area contributed by atoms with Crippen LogP contribution in [0.25, 0.3) is 0 Å². The van der Waals surface area contributed by atoms with E-state index in [1.807, 2.05) is 16.8 Å². The zero-order chi connectivity index (χ0) is 13.0. The first-order chi connectivity index (χ1) is 8.66. The number of carbonyl (C=O) groups is 1. The molecule has 0 bridgehead atoms. The topological polar surface area (TPSA) is 20.3 Å². The molecule has 0 aliphatic carbocycles. The van der Waals surface area contributed by atoms with E-state index in [4.69, 9.17) is 0 Å². The summed E-state index contributed by atoms with van der Waals surface area (Å²) in [5.41, 5.74) is 1.55. The molecule has 1 aromatic heterocycles. The van der Waals surface area contributed by atoms with Crippen molar-refractivity contribution in [1.29, 1.82) is 0 Å². The second-order valence-corrected chi connectivity index (χ2v) is 4.93. The minimum atomic E-state index is -0.324. The molecule has 0 fully saturated rings. The molecule has 2 aromatic rings. The lowest BCUT2D eigenvalue weighted by atomic mass is 10.1. The van der Waals surface area contributed by atoms with Gasteiger partial charge in [0.15, 0.2) is 0 Å². The fourth-order valence-corrected chi connectivity index (χ4v) is 2.34. The first-order valence-electron chi connectivity index (χ1n) is 5.65. The Morgan fingerprint density at radius 1 is 1.33 bits per heavy atom. The van der Waals surface area contributed by atoms with Crippen molar-refractivity contribution in [2.45, 2.75) is 13.0 Å². The molecular formula is C14H14FNOS. The zero-order valence-corrected chi connectivity index (χ0v) is 10.9. The molecule has 18 heavy (non-hydrogen) atoms. The number of rotatable bonds is 4. The smallest absolute Gasteiger partial charge is 0.227 e. The Morgan fingerprint density at radius 2 is 2.11 bits per heavy atom. The van der Waals surface area contributed by atoms with E-state index in [1.54, 1.807) is 41.5 Å². The van der Waals surface area contributed by atoms with E-state index < -0.39 is 0 Å². The average molecular weight is 263 g/mol. The molecule has 0 radical (unpaired) electrons. The summed E-state index contributed by atoms with van der Waals surface area (Å²) in [5.74, 6) is -0.402. The maximum absolute atomic E-state index is 13.4. The number of benzene rings is 1. The van der Waals surface area contributed by atoms with Gasteiger partial charge >= 0.3 is 0 Å². The second-order valence-electron chi connectivity index (χ2n) is 4.15. The predicted octanol–water partition coefficient (Wildman–Crippen LogP) is 3.09. The number of thiophene rings is 1. The number of nitrogens with zero attached hydrogens (tertiary/aromatic N) is 1. The molecule has 1 amide bonds. The molecule has 0 N–H and O–H groups in total. The van der Waals surface area contributed by atoms with E-state index in [2.05, 4.69) is 0 Å². The molecule has 0 saturated heterocycles. The van der Waals surface area contributed by atoms with Crippen LogP contribution in [0.15, 0.2) is 41.1 Å². The Kier molecular flexibility index (Phi) is 4.10. The maximum atomic E-state index is 13.4. The minimum absolute atomic E-state index is 0.0775. The Bertz CT molecular complexity index is 524. The van der Waals surface area contributed by atoms with Gasteiger partial charge in [0.2, 0.25) is 5.91 Å². The van der Waals surface area contributed by atoms with Gasteiger partial charge in [0.1, 0.15) is 5.82 Å². The van der Waals surface area contributed by atoms with Gasteiger partial charge in [-0.1, -0.05) is 18.2 Å². The van der Waals surface area contributed by atoms with E-state index in [1.165, 1.54) is 6.07 Å². The van der Waals surface area contributed by atoms with Crippen LogP contribution in [0.1, 0.15) is 11.1 Å². The van der Waals surface area contributed by atoms with Gasteiger partial charge in [-0.3, -0.25) is 4.79 Å². The molecular weight excluding hydrogens is 249 g/mol. The van der Waals surface area contributed by atoms with Gasteiger partial charge in [-0.2, -0.15) is 11.3 Å². The summed E-state index contributed by atoms with van der Waals surface area (Å²) in [6.45, 7) is 0.566. The van der Waals surface area contributed by atoms with Gasteiger partial charge in [0.05, 0.1) is 6.42 Å². The Morgan fingerprint density at radius 3 is 2.78 bits per heavy atom. The molecule has 94 valence electrons. The molecule has 1 aromatic carbocycles. The normalized spacial score (nSPS) is 10.3. The van der Waals surface area contributed by atoms with E-state index in [-0.39, 0.29) is 18.1 Å². The summed E-state index contributed by atoms with van der Waals surface area (Å²) in [6.07, 6.45) is 0.104. The molecule has 0 spiro atoms. The number of hydrogen-bond acceptors (Lipinski definition) is 2. The van der Waals surface area contributed by atoms with Crippen molar-refractivity contribution in [1.82, 2.24) is 4.90 Å². The number of halogens is 1. The highest BCUT2D eigenvalue weighted by molar-refractivity contribution is 7.07. The Labute approximate surface area is 110 Å². The SMILES string of the molecule is CN(Cc1ccsc1)C(=O)Cc1ccccc1F. The summed E-state index contributed by atoms with van der Waals surface area (Å²) in [4.78, 5) is 13.6. The third kappa shape index (κ3) is 3.17. The first kappa shape index (κ1) is 12.8. The summed E-state index contributed by atoms with van der Waals surface area (Å²) >= 11 is 1.60. The number of amides is 1. The molecule has 4 heteroatoms. The fraction of sp³-hybridized carbons (Fsp3) is 0.214. The highest BCUT2D eigenvalue weighted by atomic mass is 32.1. The number of likely N-dealkylation sites (N-methyl/N-ethyl adjacent to an activating group) is 1. The fourth-order valence-electron chi connectivity index (χ4n) is 1.68. The molecule has 1 heterocycles. The Hall–Kier alpha value is -1.68. The first-order valence-corrected chi connectivity index (χ1v) is 6.59. The van der Waals surface area contributed by atoms with Crippen LogP contribution in [-0.2, 0) is 17.8 Å². The van der Waals surface area contributed by atoms with Crippen molar-refractivity contribution < 1.29 is 9.18 Å². The molecule has 0 unspecified atom stereocenters. The quantitative estimate of drug-likeness (QED) is 0.830. The van der Waals surface area contributed by atoms with E-state index in [9.17, 15) is 9.18 Å². The number of hydrogen-bond donors (Lipinski definition) is 0. The zero-order valence-electron chi connectivity index (χ0n) is 10.1. The molecule has 0 saturated carbocycles. The van der Waals surface area contributed by atoms with Crippen molar-refractivity contribution in [2.24, 2.45) is 0 Å². The van der Waals surface area contributed by atoms with E-state index in [0.717, 1.165) is 5.56 Å². The van der Waals surface area contributed by atoms with Crippen molar-refractivity contribution in [3.63, 3.8) is 0 Å². The average Bonchev–Trinajstić information content (AvgIpc) is 2.84. The van der Waals surface area contributed by atoms with E-state index in [0.29, 0.717) is 12.1 Å². The second kappa shape index (κ2) is 5.78. The van der Waals surface area contributed by atoms with Gasteiger partial charge in [-0.25, -0.2) is 4.39 Å². The third-order valence-electron chi connectivity index (χ3n) is 2.73. The molecule has 2 rings (SSSR count). The monoisotopic (exact) mass is 263 g/mol. The summed E-state index contributed by atoms with van der Waals surface area (Å²) in [5, 5.41) is 3.98. The van der Waals surface area contributed by atoms with Crippen LogP contribution in [0.2, 0.25) is 0 Å². The molecule has 0 atom stereocenters. The van der Waals surface area contributed by atoms with Gasteiger partial charge in [-0.15, -0.1) is 0 Å². The van der Waals surface area contributed by atoms with E-state index >= 15 is 0 Å². The van der Waals surface area contributed by atoms with Crippen LogP contribution in [-0.4, -0.2) is 17.9 Å². The predicted molar refractivity (Wildman–Crippen MR) is 70.9 cm³/mol. The van der Waals surface area contributed by atoms with Crippen molar-refractivity contribution >= 4 is 17.2 Å². The summed E-state index contributed by atoms with van der Waals surface area (Å²) in [6, 6.07) is 8.37. The van der Waals surface area contributed by atoms with Crippen LogP contribution >= 0.6 is 11.3 Å². The highest BCUT2D eigenvalue weighted by Crippen LogP contribution is 2.11. The van der Waals surface area contributed by atoms with Gasteiger partial charge in [0, 0.05) is 13.6 Å². The molecule has 2 nitrogen and oxygen atoms in total. The minimum Gasteiger partial charge on any atom is -0.341 e. The van der Waals surface area contributed by atoms with Crippen LogP contribution in [0.3, 0.4) is 0 Å². The van der Waals surface area contributed by atoms with Crippen LogP contribution < -0.4 is 0 Å². The van der Waals surface area contributed by atoms with Crippen LogP contribution in [0, 0.1) is 5.82 Å². The van der Waals surface area contributed by atoms with Crippen molar-refractivity contribution in [3.05, 3.63) is 58.0 Å². The molecule has 0 aliphatic heterocycles. The van der Waals surface area contributed by atoms with Crippen LogP contribution in [0.5, 0.6) is 0 Å². The van der Waals surface area contributed by atoms with Gasteiger partial charge in [-0.05, 0) is 34.0 Å². The lowest BCUT2D eigenvalue weighted by Crippen LogP contribution is -2.27. The highest BCUT2D eigenvalue weighted by Gasteiger charge is 2.12. The van der Waals surface area contributed by atoms with Crippen LogP contribution in [0.4, 0.5) is 4.39 Å². The van der Waals surface area contributed by atoms with Crippen molar-refractivity contribution in [3.8, 4) is 0 Å². The van der Waals surface area contributed by atoms with Gasteiger partial charge in [0.25, 0.3) is 0 Å². The Balaban J connectivity index is 1.98. The maximum Gasteiger partial charge on any atom is 0.227 e. The van der Waals surface area contributed by atoms with Crippen molar-refractivity contribution in [2.75, 3.05) is 7.05 Å². The third-order valence-corrected chi connectivity index (χ3v) is 3.46. The number of carbonyl (C=O) groups excluding carboxylic acids is 1. The largest absolute Gasteiger partial charge is 0.341 e. The molecule has 0 aliphatic rings. The summed E-state index contributed by atoms with van der Waals surface area (Å²) < 4.78 is 13.4. The lowest BCUT2D eigenvalue weighted by Gasteiger charge is -2.16. The lowest BCUT2D eigenvalue weighted by molar-refractivity contribution is -0.129.